The number of nitrogens with one attached hydrogen (secondary N) is 1. The molecule has 0 aliphatic heterocycles. The van der Waals surface area contributed by atoms with Crippen LogP contribution in [0.1, 0.15) is 17.8 Å². The molecule has 0 aromatic carbocycles. The van der Waals surface area contributed by atoms with Crippen molar-refractivity contribution in [1.82, 2.24) is 10.2 Å². The summed E-state index contributed by atoms with van der Waals surface area (Å²) in [5, 5.41) is 4.57. The monoisotopic (exact) mass is 270 g/mol. The maximum absolute atomic E-state index is 11.4. The Kier molecular flexibility index (Phi) is 5.80. The van der Waals surface area contributed by atoms with E-state index in [-0.39, 0.29) is 12.6 Å². The van der Waals surface area contributed by atoms with Gasteiger partial charge in [0.25, 0.3) is 0 Å². The summed E-state index contributed by atoms with van der Waals surface area (Å²) in [4.78, 5) is 25.7. The van der Waals surface area contributed by atoms with E-state index in [4.69, 9.17) is 0 Å². The smallest absolute Gasteiger partial charge is 0.396 e. The van der Waals surface area contributed by atoms with Gasteiger partial charge in [-0.1, -0.05) is 6.07 Å². The zero-order valence-electron chi connectivity index (χ0n) is 10.8. The van der Waals surface area contributed by atoms with Crippen LogP contribution in [0.4, 0.5) is 0 Å². The van der Waals surface area contributed by atoms with Gasteiger partial charge in [-0.05, 0) is 32.5 Å². The lowest BCUT2D eigenvalue weighted by atomic mass is 10.2. The average molecular weight is 270 g/mol. The molecule has 1 N–H and O–H groups in total. The number of carbonyl (C=O) groups is 2. The average Bonchev–Trinajstić information content (AvgIpc) is 2.82. The Bertz CT molecular complexity index is 390. The summed E-state index contributed by atoms with van der Waals surface area (Å²) in [5.41, 5.74) is 0. The normalized spacial score (nSPS) is 12.2. The van der Waals surface area contributed by atoms with Gasteiger partial charge in [-0.2, -0.15) is 0 Å². The highest BCUT2D eigenvalue weighted by atomic mass is 32.1. The van der Waals surface area contributed by atoms with Crippen molar-refractivity contribution in [2.75, 3.05) is 27.2 Å². The van der Waals surface area contributed by atoms with Crippen molar-refractivity contribution in [3.63, 3.8) is 0 Å². The molecule has 1 amide bonds. The van der Waals surface area contributed by atoms with Crippen LogP contribution >= 0.6 is 11.3 Å². The first kappa shape index (κ1) is 14.7. The number of hydrogen-bond acceptors (Lipinski definition) is 5. The Labute approximate surface area is 111 Å². The van der Waals surface area contributed by atoms with Crippen LogP contribution in [0.2, 0.25) is 0 Å². The molecule has 1 aromatic heterocycles. The number of ether oxygens (including phenoxy) is 1. The second-order valence-electron chi connectivity index (χ2n) is 3.93. The van der Waals surface area contributed by atoms with Gasteiger partial charge in [0.2, 0.25) is 0 Å². The van der Waals surface area contributed by atoms with Gasteiger partial charge in [0.1, 0.15) is 0 Å². The summed E-state index contributed by atoms with van der Waals surface area (Å²) in [6.45, 7) is 2.25. The van der Waals surface area contributed by atoms with Gasteiger partial charge in [0.05, 0.1) is 12.6 Å². The Hall–Kier alpha value is -1.40. The van der Waals surface area contributed by atoms with E-state index in [0.29, 0.717) is 6.54 Å². The minimum atomic E-state index is -0.832. The fourth-order valence-corrected chi connectivity index (χ4v) is 2.40. The number of hydrogen-bond donors (Lipinski definition) is 1. The molecule has 1 unspecified atom stereocenters. The lowest BCUT2D eigenvalue weighted by molar-refractivity contribution is -0.154. The molecule has 6 heteroatoms. The molecule has 1 aromatic rings. The molecule has 5 nitrogen and oxygen atoms in total. The topological polar surface area (TPSA) is 58.6 Å². The van der Waals surface area contributed by atoms with Crippen LogP contribution in [-0.4, -0.2) is 44.0 Å². The number of thiophene rings is 1. The highest BCUT2D eigenvalue weighted by molar-refractivity contribution is 7.10. The van der Waals surface area contributed by atoms with E-state index in [0.717, 1.165) is 4.88 Å². The number of likely N-dealkylation sites (N-methyl/N-ethyl adjacent to an activating group) is 1. The van der Waals surface area contributed by atoms with Crippen LogP contribution < -0.4 is 5.32 Å². The van der Waals surface area contributed by atoms with Crippen LogP contribution in [0.5, 0.6) is 0 Å². The Morgan fingerprint density at radius 2 is 2.22 bits per heavy atom. The van der Waals surface area contributed by atoms with Crippen molar-refractivity contribution in [2.24, 2.45) is 0 Å². The van der Waals surface area contributed by atoms with Crippen molar-refractivity contribution in [1.29, 1.82) is 0 Å². The van der Waals surface area contributed by atoms with Crippen LogP contribution in [0.15, 0.2) is 17.5 Å². The lowest BCUT2D eigenvalue weighted by Crippen LogP contribution is -2.38. The number of nitrogens with zero attached hydrogens (tertiary/aromatic N) is 1. The highest BCUT2D eigenvalue weighted by Crippen LogP contribution is 2.22. The van der Waals surface area contributed by atoms with Crippen LogP contribution in [0, 0.1) is 0 Å². The Balaban J connectivity index is 2.54. The highest BCUT2D eigenvalue weighted by Gasteiger charge is 2.19. The summed E-state index contributed by atoms with van der Waals surface area (Å²) >= 11 is 1.62. The third-order valence-electron chi connectivity index (χ3n) is 2.41. The van der Waals surface area contributed by atoms with Gasteiger partial charge in [-0.3, -0.25) is 4.79 Å². The van der Waals surface area contributed by atoms with Crippen molar-refractivity contribution >= 4 is 23.2 Å². The molecule has 0 saturated carbocycles. The maximum atomic E-state index is 11.4. The number of amides is 1. The molecule has 0 spiro atoms. The van der Waals surface area contributed by atoms with E-state index in [2.05, 4.69) is 10.1 Å². The van der Waals surface area contributed by atoms with Crippen molar-refractivity contribution in [3.05, 3.63) is 22.4 Å². The predicted octanol–water partition coefficient (Wildman–Crippen LogP) is 1.03. The quantitative estimate of drug-likeness (QED) is 0.641. The second kappa shape index (κ2) is 7.13. The Morgan fingerprint density at radius 3 is 2.72 bits per heavy atom. The molecule has 100 valence electrons. The standard InChI is InChI=1S/C12H18N2O3S/c1-4-17-12(16)11(15)13-8-9(14(2)3)10-6-5-7-18-10/h5-7,9H,4,8H2,1-3H3,(H,13,15). The summed E-state index contributed by atoms with van der Waals surface area (Å²) in [5.74, 6) is -1.53. The summed E-state index contributed by atoms with van der Waals surface area (Å²) in [6.07, 6.45) is 0. The van der Waals surface area contributed by atoms with E-state index in [9.17, 15) is 9.59 Å². The SMILES string of the molecule is CCOC(=O)C(=O)NCC(c1cccs1)N(C)C. The fourth-order valence-electron chi connectivity index (χ4n) is 1.48. The summed E-state index contributed by atoms with van der Waals surface area (Å²) in [7, 11) is 3.86. The third-order valence-corrected chi connectivity index (χ3v) is 3.39. The van der Waals surface area contributed by atoms with Crippen LogP contribution in [0.25, 0.3) is 0 Å². The zero-order valence-corrected chi connectivity index (χ0v) is 11.6. The van der Waals surface area contributed by atoms with Gasteiger partial charge in [-0.25, -0.2) is 4.79 Å². The van der Waals surface area contributed by atoms with Gasteiger partial charge in [-0.15, -0.1) is 11.3 Å². The molecule has 0 aliphatic carbocycles. The minimum Gasteiger partial charge on any atom is -0.459 e. The first-order chi connectivity index (χ1) is 8.56. The van der Waals surface area contributed by atoms with E-state index >= 15 is 0 Å². The second-order valence-corrected chi connectivity index (χ2v) is 4.90. The summed E-state index contributed by atoms with van der Waals surface area (Å²) < 4.78 is 4.63. The molecule has 18 heavy (non-hydrogen) atoms. The molecule has 0 radical (unpaired) electrons. The van der Waals surface area contributed by atoms with Crippen LogP contribution in [-0.2, 0) is 14.3 Å². The molecule has 1 heterocycles. The number of rotatable bonds is 5. The van der Waals surface area contributed by atoms with E-state index in [1.165, 1.54) is 0 Å². The van der Waals surface area contributed by atoms with Crippen molar-refractivity contribution in [2.45, 2.75) is 13.0 Å². The molecule has 0 aliphatic rings. The van der Waals surface area contributed by atoms with Gasteiger partial charge in [0.15, 0.2) is 0 Å². The first-order valence-corrected chi connectivity index (χ1v) is 6.59. The molecule has 1 atom stereocenters. The molecule has 0 saturated heterocycles. The van der Waals surface area contributed by atoms with Crippen LogP contribution in [0.3, 0.4) is 0 Å². The minimum absolute atomic E-state index is 0.0587. The van der Waals surface area contributed by atoms with E-state index in [1.807, 2.05) is 36.5 Å². The van der Waals surface area contributed by atoms with E-state index < -0.39 is 11.9 Å². The van der Waals surface area contributed by atoms with Crippen molar-refractivity contribution in [3.8, 4) is 0 Å². The first-order valence-electron chi connectivity index (χ1n) is 5.71. The fraction of sp³-hybridized carbons (Fsp3) is 0.500. The third kappa shape index (κ3) is 4.12. The number of esters is 1. The van der Waals surface area contributed by atoms with Gasteiger partial charge in [0, 0.05) is 11.4 Å². The molecular weight excluding hydrogens is 252 g/mol. The Morgan fingerprint density at radius 1 is 1.50 bits per heavy atom. The molecular formula is C12H18N2O3S. The molecule has 0 fully saturated rings. The molecule has 1 rings (SSSR count). The van der Waals surface area contributed by atoms with Crippen molar-refractivity contribution < 1.29 is 14.3 Å². The number of carbonyl (C=O) groups excluding carboxylic acids is 2. The van der Waals surface area contributed by atoms with E-state index in [1.54, 1.807) is 18.3 Å². The van der Waals surface area contributed by atoms with Gasteiger partial charge >= 0.3 is 11.9 Å². The maximum Gasteiger partial charge on any atom is 0.396 e. The summed E-state index contributed by atoms with van der Waals surface area (Å²) in [6, 6.07) is 4.03. The van der Waals surface area contributed by atoms with Gasteiger partial charge < -0.3 is 15.0 Å². The predicted molar refractivity (Wildman–Crippen MR) is 70.4 cm³/mol. The zero-order chi connectivity index (χ0) is 13.5. The largest absolute Gasteiger partial charge is 0.459 e. The molecule has 0 bridgehead atoms. The lowest BCUT2D eigenvalue weighted by Gasteiger charge is -2.23.